The van der Waals surface area contributed by atoms with Gasteiger partial charge in [-0.25, -0.2) is 0 Å². The zero-order chi connectivity index (χ0) is 18.9. The molecule has 0 bridgehead atoms. The minimum atomic E-state index is -0.308. The average molecular weight is 395 g/mol. The van der Waals surface area contributed by atoms with Gasteiger partial charge in [0.15, 0.2) is 0 Å². The number of halogens is 1. The Morgan fingerprint density at radius 2 is 2.00 bits per heavy atom. The van der Waals surface area contributed by atoms with Crippen LogP contribution in [0.15, 0.2) is 35.7 Å². The maximum Gasteiger partial charge on any atom is 0.305 e. The minimum absolute atomic E-state index is 0.247. The van der Waals surface area contributed by atoms with Crippen LogP contribution >= 0.6 is 22.9 Å². The summed E-state index contributed by atoms with van der Waals surface area (Å²) in [7, 11) is 0. The van der Waals surface area contributed by atoms with Crippen molar-refractivity contribution in [3.63, 3.8) is 0 Å². The number of esters is 1. The molecule has 8 heteroatoms. The molecule has 0 aliphatic carbocycles. The van der Waals surface area contributed by atoms with Gasteiger partial charge in [-0.05, 0) is 43.0 Å². The highest BCUT2D eigenvalue weighted by molar-refractivity contribution is 7.12. The Hall–Kier alpha value is -2.38. The second-order valence-electron chi connectivity index (χ2n) is 5.29. The summed E-state index contributed by atoms with van der Waals surface area (Å²) in [6.45, 7) is 2.43. The van der Waals surface area contributed by atoms with Gasteiger partial charge in [0.2, 0.25) is 0 Å². The van der Waals surface area contributed by atoms with E-state index in [0.717, 1.165) is 0 Å². The fourth-order valence-electron chi connectivity index (χ4n) is 2.12. The summed E-state index contributed by atoms with van der Waals surface area (Å²) in [4.78, 5) is 36.1. The first-order valence-corrected chi connectivity index (χ1v) is 9.35. The summed E-state index contributed by atoms with van der Waals surface area (Å²) in [6, 6.07) is 8.13. The summed E-state index contributed by atoms with van der Waals surface area (Å²) >= 11 is 7.42. The van der Waals surface area contributed by atoms with Crippen LogP contribution in [0, 0.1) is 0 Å². The van der Waals surface area contributed by atoms with Crippen molar-refractivity contribution in [1.82, 2.24) is 5.32 Å². The van der Waals surface area contributed by atoms with Crippen molar-refractivity contribution in [3.05, 3.63) is 51.2 Å². The fourth-order valence-corrected chi connectivity index (χ4v) is 2.91. The summed E-state index contributed by atoms with van der Waals surface area (Å²) in [6.07, 6.45) is 0.733. The molecule has 1 heterocycles. The quantitative estimate of drug-likeness (QED) is 0.527. The first-order chi connectivity index (χ1) is 12.5. The first kappa shape index (κ1) is 19.9. The first-order valence-electron chi connectivity index (χ1n) is 8.09. The van der Waals surface area contributed by atoms with Gasteiger partial charge in [0.25, 0.3) is 11.8 Å². The Labute approximate surface area is 160 Å². The molecule has 0 unspecified atom stereocenters. The molecule has 1 aromatic heterocycles. The summed E-state index contributed by atoms with van der Waals surface area (Å²) in [5, 5.41) is 7.57. The number of hydrogen-bond donors (Lipinski definition) is 2. The zero-order valence-corrected chi connectivity index (χ0v) is 15.8. The molecule has 2 aromatic rings. The van der Waals surface area contributed by atoms with Gasteiger partial charge in [-0.1, -0.05) is 17.7 Å². The van der Waals surface area contributed by atoms with E-state index in [4.69, 9.17) is 16.3 Å². The van der Waals surface area contributed by atoms with E-state index < -0.39 is 0 Å². The van der Waals surface area contributed by atoms with E-state index in [9.17, 15) is 14.4 Å². The van der Waals surface area contributed by atoms with Crippen LogP contribution in [0.5, 0.6) is 0 Å². The van der Waals surface area contributed by atoms with Gasteiger partial charge in [-0.2, -0.15) is 0 Å². The molecule has 138 valence electrons. The van der Waals surface area contributed by atoms with Gasteiger partial charge in [-0.15, -0.1) is 11.3 Å². The van der Waals surface area contributed by atoms with Gasteiger partial charge in [0.05, 0.1) is 22.2 Å². The molecule has 2 amide bonds. The van der Waals surface area contributed by atoms with Crippen molar-refractivity contribution < 1.29 is 19.1 Å². The van der Waals surface area contributed by atoms with E-state index in [1.807, 2.05) is 0 Å². The predicted octanol–water partition coefficient (Wildman–Crippen LogP) is 3.73. The van der Waals surface area contributed by atoms with Crippen LogP contribution in [-0.4, -0.2) is 30.9 Å². The Morgan fingerprint density at radius 1 is 1.19 bits per heavy atom. The molecule has 0 aliphatic heterocycles. The summed E-state index contributed by atoms with van der Waals surface area (Å²) in [5.74, 6) is -0.877. The second kappa shape index (κ2) is 9.94. The molecule has 26 heavy (non-hydrogen) atoms. The van der Waals surface area contributed by atoms with Crippen LogP contribution in [0.4, 0.5) is 5.69 Å². The lowest BCUT2D eigenvalue weighted by Crippen LogP contribution is -2.25. The molecule has 0 saturated heterocycles. The third kappa shape index (κ3) is 5.86. The van der Waals surface area contributed by atoms with Crippen LogP contribution in [0.3, 0.4) is 0 Å². The molecule has 0 spiro atoms. The molecule has 0 aliphatic rings. The maximum atomic E-state index is 12.2. The highest BCUT2D eigenvalue weighted by Crippen LogP contribution is 2.24. The van der Waals surface area contributed by atoms with E-state index in [1.165, 1.54) is 17.4 Å². The monoisotopic (exact) mass is 394 g/mol. The van der Waals surface area contributed by atoms with Crippen LogP contribution < -0.4 is 10.6 Å². The fraction of sp³-hybridized carbons (Fsp3) is 0.278. The predicted molar refractivity (Wildman–Crippen MR) is 102 cm³/mol. The van der Waals surface area contributed by atoms with Gasteiger partial charge in [-0.3, -0.25) is 14.4 Å². The van der Waals surface area contributed by atoms with Crippen LogP contribution in [-0.2, 0) is 9.53 Å². The second-order valence-corrected chi connectivity index (χ2v) is 6.65. The lowest BCUT2D eigenvalue weighted by atomic mass is 10.1. The van der Waals surface area contributed by atoms with Crippen molar-refractivity contribution in [3.8, 4) is 0 Å². The molecule has 6 nitrogen and oxygen atoms in total. The van der Waals surface area contributed by atoms with Crippen molar-refractivity contribution in [2.75, 3.05) is 18.5 Å². The normalized spacial score (nSPS) is 10.2. The van der Waals surface area contributed by atoms with Crippen LogP contribution in [0.25, 0.3) is 0 Å². The number of ether oxygens (including phenoxy) is 1. The number of benzene rings is 1. The van der Waals surface area contributed by atoms with Crippen molar-refractivity contribution in [2.24, 2.45) is 0 Å². The lowest BCUT2D eigenvalue weighted by Gasteiger charge is -2.09. The Balaban J connectivity index is 1.92. The van der Waals surface area contributed by atoms with E-state index in [-0.39, 0.29) is 24.2 Å². The molecular formula is C18H19ClN2O4S. The van der Waals surface area contributed by atoms with E-state index >= 15 is 0 Å². The number of amides is 2. The maximum absolute atomic E-state index is 12.2. The van der Waals surface area contributed by atoms with Gasteiger partial charge >= 0.3 is 5.97 Å². The summed E-state index contributed by atoms with van der Waals surface area (Å²) in [5.41, 5.74) is 0.733. The number of thiophene rings is 1. The molecule has 0 radical (unpaired) electrons. The Kier molecular flexibility index (Phi) is 7.62. The van der Waals surface area contributed by atoms with Crippen molar-refractivity contribution in [1.29, 1.82) is 0 Å². The number of carbonyl (C=O) groups is 3. The topological polar surface area (TPSA) is 84.5 Å². The van der Waals surface area contributed by atoms with Crippen LogP contribution in [0.2, 0.25) is 5.02 Å². The number of carbonyl (C=O) groups excluding carboxylic acids is 3. The third-order valence-electron chi connectivity index (χ3n) is 3.37. The molecule has 0 fully saturated rings. The zero-order valence-electron chi connectivity index (χ0n) is 14.2. The number of hydrogen-bond acceptors (Lipinski definition) is 5. The molecule has 0 saturated carbocycles. The highest BCUT2D eigenvalue weighted by atomic mass is 35.5. The lowest BCUT2D eigenvalue weighted by molar-refractivity contribution is -0.143. The molecule has 2 rings (SSSR count). The Morgan fingerprint density at radius 3 is 2.69 bits per heavy atom. The highest BCUT2D eigenvalue weighted by Gasteiger charge is 2.13. The van der Waals surface area contributed by atoms with E-state index in [2.05, 4.69) is 10.6 Å². The molecular weight excluding hydrogens is 376 g/mol. The van der Waals surface area contributed by atoms with E-state index in [1.54, 1.807) is 36.6 Å². The molecule has 1 aromatic carbocycles. The largest absolute Gasteiger partial charge is 0.466 e. The number of nitrogens with one attached hydrogen (secondary N) is 2. The average Bonchev–Trinajstić information content (AvgIpc) is 3.15. The van der Waals surface area contributed by atoms with Gasteiger partial charge in [0, 0.05) is 18.5 Å². The summed E-state index contributed by atoms with van der Waals surface area (Å²) < 4.78 is 4.82. The van der Waals surface area contributed by atoms with Gasteiger partial charge < -0.3 is 15.4 Å². The smallest absolute Gasteiger partial charge is 0.305 e. The van der Waals surface area contributed by atoms with Gasteiger partial charge in [0.1, 0.15) is 0 Å². The minimum Gasteiger partial charge on any atom is -0.466 e. The third-order valence-corrected chi connectivity index (χ3v) is 4.57. The van der Waals surface area contributed by atoms with Crippen molar-refractivity contribution >= 4 is 46.4 Å². The van der Waals surface area contributed by atoms with Crippen molar-refractivity contribution in [2.45, 2.75) is 19.8 Å². The molecule has 2 N–H and O–H groups in total. The molecule has 0 atom stereocenters. The number of anilines is 1. The SMILES string of the molecule is CCOC(=O)CCCNC(=O)c1ccc(Cl)c(NC(=O)c2cccs2)c1. The standard InChI is InChI=1S/C18H19ClN2O4S/c1-2-25-16(22)6-3-9-20-17(23)12-7-8-13(19)14(11-12)21-18(24)15-5-4-10-26-15/h4-5,7-8,10-11H,2-3,6,9H2,1H3,(H,20,23)(H,21,24). The van der Waals surface area contributed by atoms with Crippen LogP contribution in [0.1, 0.15) is 39.8 Å². The Bertz CT molecular complexity index is 778. The number of rotatable bonds is 8. The van der Waals surface area contributed by atoms with E-state index in [0.29, 0.717) is 40.7 Å².